The zero-order valence-corrected chi connectivity index (χ0v) is 14.1. The SMILES string of the molecule is CCOC(=O)c1cccc(NC(=O)c2ccc(OC(=O)CC)cc2)c1. The van der Waals surface area contributed by atoms with Crippen LogP contribution < -0.4 is 10.1 Å². The molecular formula is C19H19NO5. The molecular weight excluding hydrogens is 322 g/mol. The molecule has 0 aliphatic carbocycles. The molecule has 130 valence electrons. The van der Waals surface area contributed by atoms with Gasteiger partial charge in [-0.25, -0.2) is 4.79 Å². The van der Waals surface area contributed by atoms with Crippen molar-refractivity contribution in [2.45, 2.75) is 20.3 Å². The van der Waals surface area contributed by atoms with Crippen LogP contribution in [0.15, 0.2) is 48.5 Å². The topological polar surface area (TPSA) is 81.7 Å². The fourth-order valence-electron chi connectivity index (χ4n) is 2.02. The first-order chi connectivity index (χ1) is 12.0. The predicted octanol–water partition coefficient (Wildman–Crippen LogP) is 3.43. The number of rotatable bonds is 6. The molecule has 0 bridgehead atoms. The number of hydrogen-bond acceptors (Lipinski definition) is 5. The summed E-state index contributed by atoms with van der Waals surface area (Å²) in [6.45, 7) is 3.71. The van der Waals surface area contributed by atoms with E-state index in [4.69, 9.17) is 9.47 Å². The molecule has 0 saturated heterocycles. The van der Waals surface area contributed by atoms with Crippen LogP contribution in [0.4, 0.5) is 5.69 Å². The number of esters is 2. The van der Waals surface area contributed by atoms with E-state index < -0.39 is 5.97 Å². The van der Waals surface area contributed by atoms with Crippen LogP contribution in [0.25, 0.3) is 0 Å². The maximum absolute atomic E-state index is 12.3. The average Bonchev–Trinajstić information content (AvgIpc) is 2.62. The normalized spacial score (nSPS) is 10.0. The highest BCUT2D eigenvalue weighted by Gasteiger charge is 2.10. The van der Waals surface area contributed by atoms with E-state index in [9.17, 15) is 14.4 Å². The second-order valence-electron chi connectivity index (χ2n) is 5.11. The van der Waals surface area contributed by atoms with Crippen molar-refractivity contribution in [1.29, 1.82) is 0 Å². The fourth-order valence-corrected chi connectivity index (χ4v) is 2.02. The number of benzene rings is 2. The van der Waals surface area contributed by atoms with Gasteiger partial charge in [0.05, 0.1) is 12.2 Å². The van der Waals surface area contributed by atoms with Gasteiger partial charge in [0.1, 0.15) is 5.75 Å². The van der Waals surface area contributed by atoms with Crippen LogP contribution in [0.2, 0.25) is 0 Å². The predicted molar refractivity (Wildman–Crippen MR) is 92.7 cm³/mol. The van der Waals surface area contributed by atoms with E-state index in [0.29, 0.717) is 22.6 Å². The molecule has 0 aliphatic heterocycles. The summed E-state index contributed by atoms with van der Waals surface area (Å²) in [5, 5.41) is 2.71. The van der Waals surface area contributed by atoms with Crippen molar-refractivity contribution < 1.29 is 23.9 Å². The molecule has 0 heterocycles. The summed E-state index contributed by atoms with van der Waals surface area (Å²) in [5.41, 5.74) is 1.25. The van der Waals surface area contributed by atoms with E-state index in [2.05, 4.69) is 5.32 Å². The Labute approximate surface area is 145 Å². The van der Waals surface area contributed by atoms with Gasteiger partial charge in [-0.1, -0.05) is 13.0 Å². The smallest absolute Gasteiger partial charge is 0.338 e. The van der Waals surface area contributed by atoms with Crippen molar-refractivity contribution in [2.75, 3.05) is 11.9 Å². The first-order valence-corrected chi connectivity index (χ1v) is 7.92. The van der Waals surface area contributed by atoms with E-state index in [1.54, 1.807) is 62.4 Å². The van der Waals surface area contributed by atoms with Crippen molar-refractivity contribution in [3.05, 3.63) is 59.7 Å². The number of amides is 1. The van der Waals surface area contributed by atoms with Gasteiger partial charge >= 0.3 is 11.9 Å². The Kier molecular flexibility index (Phi) is 6.28. The Hall–Kier alpha value is -3.15. The number of ether oxygens (including phenoxy) is 2. The van der Waals surface area contributed by atoms with Crippen molar-refractivity contribution in [3.8, 4) is 5.75 Å². The van der Waals surface area contributed by atoms with Gasteiger partial charge in [0.15, 0.2) is 0 Å². The largest absolute Gasteiger partial charge is 0.462 e. The Morgan fingerprint density at radius 1 is 0.960 bits per heavy atom. The zero-order valence-electron chi connectivity index (χ0n) is 14.1. The highest BCUT2D eigenvalue weighted by atomic mass is 16.5. The van der Waals surface area contributed by atoms with Crippen molar-refractivity contribution >= 4 is 23.5 Å². The minimum atomic E-state index is -0.444. The Morgan fingerprint density at radius 3 is 2.32 bits per heavy atom. The maximum atomic E-state index is 12.3. The third-order valence-electron chi connectivity index (χ3n) is 3.27. The number of carbonyl (C=O) groups excluding carboxylic acids is 3. The van der Waals surface area contributed by atoms with Gasteiger partial charge in [-0.15, -0.1) is 0 Å². The van der Waals surface area contributed by atoms with Crippen molar-refractivity contribution in [2.24, 2.45) is 0 Å². The van der Waals surface area contributed by atoms with E-state index in [-0.39, 0.29) is 24.9 Å². The van der Waals surface area contributed by atoms with Crippen LogP contribution in [0.5, 0.6) is 5.75 Å². The van der Waals surface area contributed by atoms with E-state index in [1.165, 1.54) is 0 Å². The highest BCUT2D eigenvalue weighted by Crippen LogP contribution is 2.16. The molecule has 0 fully saturated rings. The molecule has 0 radical (unpaired) electrons. The molecule has 2 aromatic carbocycles. The molecule has 0 aliphatic rings. The van der Waals surface area contributed by atoms with E-state index in [0.717, 1.165) is 0 Å². The Morgan fingerprint density at radius 2 is 1.68 bits per heavy atom. The molecule has 2 rings (SSSR count). The molecule has 2 aromatic rings. The quantitative estimate of drug-likeness (QED) is 0.643. The lowest BCUT2D eigenvalue weighted by atomic mass is 10.1. The molecule has 1 N–H and O–H groups in total. The lowest BCUT2D eigenvalue weighted by molar-refractivity contribution is -0.134. The molecule has 0 atom stereocenters. The molecule has 1 amide bonds. The number of nitrogens with one attached hydrogen (secondary N) is 1. The van der Waals surface area contributed by atoms with E-state index >= 15 is 0 Å². The molecule has 0 unspecified atom stereocenters. The van der Waals surface area contributed by atoms with Crippen LogP contribution in [0.1, 0.15) is 41.0 Å². The Balaban J connectivity index is 2.05. The summed E-state index contributed by atoms with van der Waals surface area (Å²) in [7, 11) is 0. The summed E-state index contributed by atoms with van der Waals surface area (Å²) in [6, 6.07) is 12.7. The van der Waals surface area contributed by atoms with Crippen molar-refractivity contribution in [3.63, 3.8) is 0 Å². The van der Waals surface area contributed by atoms with Gasteiger partial charge in [-0.3, -0.25) is 9.59 Å². The van der Waals surface area contributed by atoms with Crippen molar-refractivity contribution in [1.82, 2.24) is 0 Å². The third kappa shape index (κ3) is 5.17. The third-order valence-corrected chi connectivity index (χ3v) is 3.27. The first kappa shape index (κ1) is 18.2. The van der Waals surface area contributed by atoms with Crippen LogP contribution in [-0.2, 0) is 9.53 Å². The van der Waals surface area contributed by atoms with Gasteiger partial charge < -0.3 is 14.8 Å². The lowest BCUT2D eigenvalue weighted by Gasteiger charge is -2.08. The average molecular weight is 341 g/mol. The van der Waals surface area contributed by atoms with Gasteiger partial charge in [-0.2, -0.15) is 0 Å². The summed E-state index contributed by atoms with van der Waals surface area (Å²) in [5.74, 6) is -0.740. The zero-order chi connectivity index (χ0) is 18.2. The molecule has 0 aromatic heterocycles. The maximum Gasteiger partial charge on any atom is 0.338 e. The van der Waals surface area contributed by atoms with Gasteiger partial charge in [0.2, 0.25) is 0 Å². The lowest BCUT2D eigenvalue weighted by Crippen LogP contribution is -2.13. The molecule has 25 heavy (non-hydrogen) atoms. The van der Waals surface area contributed by atoms with Gasteiger partial charge in [-0.05, 0) is 49.4 Å². The molecule has 6 heteroatoms. The van der Waals surface area contributed by atoms with E-state index in [1.807, 2.05) is 0 Å². The number of carbonyl (C=O) groups is 3. The molecule has 6 nitrogen and oxygen atoms in total. The van der Waals surface area contributed by atoms with Crippen LogP contribution in [0, 0.1) is 0 Å². The first-order valence-electron chi connectivity index (χ1n) is 7.92. The van der Waals surface area contributed by atoms with Gasteiger partial charge in [0, 0.05) is 17.7 Å². The Bertz CT molecular complexity index is 768. The minimum absolute atomic E-state index is 0.277. The second kappa shape index (κ2) is 8.63. The highest BCUT2D eigenvalue weighted by molar-refractivity contribution is 6.05. The number of anilines is 1. The fraction of sp³-hybridized carbons (Fsp3) is 0.211. The summed E-state index contributed by atoms with van der Waals surface area (Å²) in [6.07, 6.45) is 0.277. The summed E-state index contributed by atoms with van der Waals surface area (Å²) < 4.78 is 9.99. The molecule has 0 spiro atoms. The minimum Gasteiger partial charge on any atom is -0.462 e. The summed E-state index contributed by atoms with van der Waals surface area (Å²) in [4.78, 5) is 35.2. The monoisotopic (exact) mass is 341 g/mol. The van der Waals surface area contributed by atoms with Gasteiger partial charge in [0.25, 0.3) is 5.91 Å². The standard InChI is InChI=1S/C19H19NO5/c1-3-17(21)25-16-10-8-13(9-11-16)18(22)20-15-7-5-6-14(12-15)19(23)24-4-2/h5-12H,3-4H2,1-2H3,(H,20,22). The van der Waals surface area contributed by atoms with Crippen LogP contribution in [0.3, 0.4) is 0 Å². The summed E-state index contributed by atoms with van der Waals surface area (Å²) >= 11 is 0. The second-order valence-corrected chi connectivity index (χ2v) is 5.11. The molecule has 0 saturated carbocycles. The van der Waals surface area contributed by atoms with Crippen LogP contribution >= 0.6 is 0 Å². The number of hydrogen-bond donors (Lipinski definition) is 1. The van der Waals surface area contributed by atoms with Crippen LogP contribution in [-0.4, -0.2) is 24.5 Å².